The molecule has 0 aromatic heterocycles. The van der Waals surface area contributed by atoms with Crippen LogP contribution in [-0.4, -0.2) is 50.6 Å². The van der Waals surface area contributed by atoms with E-state index in [1.54, 1.807) is 14.2 Å². The van der Waals surface area contributed by atoms with Gasteiger partial charge in [-0.3, -0.25) is 4.90 Å². The van der Waals surface area contributed by atoms with Gasteiger partial charge in [0.05, 0.1) is 0 Å². The molecular formula is C15H32N2O2. The van der Waals surface area contributed by atoms with E-state index in [9.17, 15) is 0 Å². The Kier molecular flexibility index (Phi) is 6.74. The second kappa shape index (κ2) is 7.58. The van der Waals surface area contributed by atoms with Gasteiger partial charge in [-0.2, -0.15) is 0 Å². The van der Waals surface area contributed by atoms with Gasteiger partial charge < -0.3 is 15.2 Å². The minimum Gasteiger partial charge on any atom is -0.356 e. The first-order valence-corrected chi connectivity index (χ1v) is 7.45. The Balaban J connectivity index is 2.65. The zero-order valence-corrected chi connectivity index (χ0v) is 13.3. The van der Waals surface area contributed by atoms with Crippen LogP contribution in [0.25, 0.3) is 0 Å². The number of hydrogen-bond acceptors (Lipinski definition) is 4. The Bertz CT molecular complexity index is 251. The summed E-state index contributed by atoms with van der Waals surface area (Å²) in [6.45, 7) is 5.19. The lowest BCUT2D eigenvalue weighted by molar-refractivity contribution is -0.130. The summed E-state index contributed by atoms with van der Waals surface area (Å²) in [6.07, 6.45) is 5.83. The van der Waals surface area contributed by atoms with Gasteiger partial charge in [0.1, 0.15) is 0 Å². The first kappa shape index (κ1) is 16.9. The smallest absolute Gasteiger partial charge is 0.158 e. The van der Waals surface area contributed by atoms with Crippen LogP contribution in [0.15, 0.2) is 0 Å². The van der Waals surface area contributed by atoms with Gasteiger partial charge in [-0.15, -0.1) is 0 Å². The second-order valence-electron chi connectivity index (χ2n) is 6.33. The molecule has 114 valence electrons. The standard InChI is InChI=1S/C15H32N2O2/c1-12-6-8-13(9-7-12)17(3)15(2,11-16)10-14(18-4)19-5/h12-14H,6-11,16H2,1-5H3. The maximum atomic E-state index is 6.05. The molecule has 0 saturated heterocycles. The third kappa shape index (κ3) is 4.42. The van der Waals surface area contributed by atoms with Crippen LogP contribution in [0.4, 0.5) is 0 Å². The molecule has 0 spiro atoms. The van der Waals surface area contributed by atoms with Crippen molar-refractivity contribution >= 4 is 0 Å². The number of rotatable bonds is 7. The van der Waals surface area contributed by atoms with Gasteiger partial charge >= 0.3 is 0 Å². The monoisotopic (exact) mass is 272 g/mol. The Labute approximate surface area is 118 Å². The van der Waals surface area contributed by atoms with E-state index in [0.29, 0.717) is 12.6 Å². The van der Waals surface area contributed by atoms with Crippen molar-refractivity contribution in [2.75, 3.05) is 27.8 Å². The third-order valence-electron chi connectivity index (χ3n) is 4.96. The number of ether oxygens (including phenoxy) is 2. The highest BCUT2D eigenvalue weighted by Crippen LogP contribution is 2.31. The minimum atomic E-state index is -0.182. The summed E-state index contributed by atoms with van der Waals surface area (Å²) in [5.41, 5.74) is 5.98. The van der Waals surface area contributed by atoms with E-state index in [1.807, 2.05) is 0 Å². The molecular weight excluding hydrogens is 240 g/mol. The largest absolute Gasteiger partial charge is 0.356 e. The van der Waals surface area contributed by atoms with Crippen LogP contribution in [0.5, 0.6) is 0 Å². The molecule has 1 atom stereocenters. The molecule has 4 heteroatoms. The molecule has 0 heterocycles. The summed E-state index contributed by atoms with van der Waals surface area (Å²) in [4.78, 5) is 2.46. The minimum absolute atomic E-state index is 0.0675. The Morgan fingerprint density at radius 2 is 1.74 bits per heavy atom. The van der Waals surface area contributed by atoms with Crippen molar-refractivity contribution in [2.45, 2.75) is 63.8 Å². The molecule has 1 unspecified atom stereocenters. The predicted octanol–water partition coefficient (Wildman–Crippen LogP) is 2.22. The van der Waals surface area contributed by atoms with E-state index in [4.69, 9.17) is 15.2 Å². The Morgan fingerprint density at radius 3 is 2.16 bits per heavy atom. The molecule has 1 saturated carbocycles. The normalized spacial score (nSPS) is 27.8. The predicted molar refractivity (Wildman–Crippen MR) is 79.1 cm³/mol. The highest BCUT2D eigenvalue weighted by molar-refractivity contribution is 4.91. The van der Waals surface area contributed by atoms with Gasteiger partial charge in [0.15, 0.2) is 6.29 Å². The van der Waals surface area contributed by atoms with E-state index in [-0.39, 0.29) is 11.8 Å². The average molecular weight is 272 g/mol. The maximum Gasteiger partial charge on any atom is 0.158 e. The quantitative estimate of drug-likeness (QED) is 0.722. The molecule has 1 aliphatic rings. The van der Waals surface area contributed by atoms with Crippen molar-refractivity contribution < 1.29 is 9.47 Å². The first-order chi connectivity index (χ1) is 8.96. The van der Waals surface area contributed by atoms with Crippen molar-refractivity contribution in [3.8, 4) is 0 Å². The molecule has 2 N–H and O–H groups in total. The van der Waals surface area contributed by atoms with Gasteiger partial charge in [0, 0.05) is 38.8 Å². The van der Waals surface area contributed by atoms with Crippen molar-refractivity contribution in [1.29, 1.82) is 0 Å². The van der Waals surface area contributed by atoms with Crippen LogP contribution < -0.4 is 5.73 Å². The Morgan fingerprint density at radius 1 is 1.21 bits per heavy atom. The summed E-state index contributed by atoms with van der Waals surface area (Å²) < 4.78 is 10.7. The summed E-state index contributed by atoms with van der Waals surface area (Å²) in [5.74, 6) is 0.875. The summed E-state index contributed by atoms with van der Waals surface area (Å²) in [5, 5.41) is 0. The van der Waals surface area contributed by atoms with Crippen molar-refractivity contribution in [3.63, 3.8) is 0 Å². The van der Waals surface area contributed by atoms with Gasteiger partial charge in [-0.1, -0.05) is 6.92 Å². The fraction of sp³-hybridized carbons (Fsp3) is 1.00. The topological polar surface area (TPSA) is 47.7 Å². The zero-order valence-electron chi connectivity index (χ0n) is 13.3. The fourth-order valence-corrected chi connectivity index (χ4v) is 3.06. The molecule has 1 fully saturated rings. The molecule has 0 aromatic carbocycles. The third-order valence-corrected chi connectivity index (χ3v) is 4.96. The Hall–Kier alpha value is -0.160. The van der Waals surface area contributed by atoms with Crippen molar-refractivity contribution in [2.24, 2.45) is 11.7 Å². The van der Waals surface area contributed by atoms with Crippen LogP contribution in [0, 0.1) is 5.92 Å². The lowest BCUT2D eigenvalue weighted by Gasteiger charge is -2.46. The van der Waals surface area contributed by atoms with Gasteiger partial charge in [-0.25, -0.2) is 0 Å². The molecule has 0 radical (unpaired) electrons. The van der Waals surface area contributed by atoms with Crippen LogP contribution in [-0.2, 0) is 9.47 Å². The summed E-state index contributed by atoms with van der Waals surface area (Å²) >= 11 is 0. The second-order valence-corrected chi connectivity index (χ2v) is 6.33. The fourth-order valence-electron chi connectivity index (χ4n) is 3.06. The molecule has 1 rings (SSSR count). The maximum absolute atomic E-state index is 6.05. The van der Waals surface area contributed by atoms with Crippen LogP contribution in [0.1, 0.15) is 46.0 Å². The SMILES string of the molecule is COC(CC(C)(CN)N(C)C1CCC(C)CC1)OC. The van der Waals surface area contributed by atoms with Crippen LogP contribution in [0.2, 0.25) is 0 Å². The van der Waals surface area contributed by atoms with E-state index in [1.165, 1.54) is 25.7 Å². The lowest BCUT2D eigenvalue weighted by Crippen LogP contribution is -2.56. The van der Waals surface area contributed by atoms with Crippen LogP contribution >= 0.6 is 0 Å². The highest BCUT2D eigenvalue weighted by atomic mass is 16.7. The lowest BCUT2D eigenvalue weighted by atomic mass is 9.84. The van der Waals surface area contributed by atoms with Crippen molar-refractivity contribution in [1.82, 2.24) is 4.90 Å². The van der Waals surface area contributed by atoms with Gasteiger partial charge in [0.25, 0.3) is 0 Å². The first-order valence-electron chi connectivity index (χ1n) is 7.45. The number of nitrogens with zero attached hydrogens (tertiary/aromatic N) is 1. The molecule has 0 bridgehead atoms. The molecule has 19 heavy (non-hydrogen) atoms. The molecule has 0 amide bonds. The number of hydrogen-bond donors (Lipinski definition) is 1. The summed E-state index contributed by atoms with van der Waals surface area (Å²) in [6, 6.07) is 0.638. The van der Waals surface area contributed by atoms with E-state index in [2.05, 4.69) is 25.8 Å². The highest BCUT2D eigenvalue weighted by Gasteiger charge is 2.36. The average Bonchev–Trinajstić information content (AvgIpc) is 2.44. The summed E-state index contributed by atoms with van der Waals surface area (Å²) in [7, 11) is 5.58. The van der Waals surface area contributed by atoms with E-state index in [0.717, 1.165) is 12.3 Å². The number of methoxy groups -OCH3 is 2. The number of nitrogens with two attached hydrogens (primary N) is 1. The molecule has 0 aromatic rings. The van der Waals surface area contributed by atoms with E-state index < -0.39 is 0 Å². The molecule has 4 nitrogen and oxygen atoms in total. The van der Waals surface area contributed by atoms with E-state index >= 15 is 0 Å². The number of likely N-dealkylation sites (N-methyl/N-ethyl adjacent to an activating group) is 1. The van der Waals surface area contributed by atoms with Gasteiger partial charge in [0.2, 0.25) is 0 Å². The zero-order chi connectivity index (χ0) is 14.5. The van der Waals surface area contributed by atoms with Gasteiger partial charge in [-0.05, 0) is 45.6 Å². The van der Waals surface area contributed by atoms with Crippen molar-refractivity contribution in [3.05, 3.63) is 0 Å². The molecule has 0 aliphatic heterocycles. The van der Waals surface area contributed by atoms with Crippen LogP contribution in [0.3, 0.4) is 0 Å². The molecule has 1 aliphatic carbocycles.